The second-order valence-corrected chi connectivity index (χ2v) is 6.42. The lowest BCUT2D eigenvalue weighted by Crippen LogP contribution is -2.31. The Morgan fingerprint density at radius 1 is 1.16 bits per heavy atom. The quantitative estimate of drug-likeness (QED) is 0.390. The number of amides is 1. The molecule has 2 rings (SSSR count). The van der Waals surface area contributed by atoms with Crippen molar-refractivity contribution in [2.75, 3.05) is 32.1 Å². The zero-order valence-electron chi connectivity index (χ0n) is 16.1. The second kappa shape index (κ2) is 8.57. The van der Waals surface area contributed by atoms with Crippen molar-refractivity contribution < 1.29 is 50.6 Å². The van der Waals surface area contributed by atoms with Gasteiger partial charge in [0.2, 0.25) is 0 Å². The minimum Gasteiger partial charge on any atom is -0.466 e. The molecule has 0 fully saturated rings. The molecular weight excluding hydrogens is 438 g/mol. The molecule has 0 saturated carbocycles. The van der Waals surface area contributed by atoms with Crippen molar-refractivity contribution in [1.29, 1.82) is 0 Å². The maximum atomic E-state index is 13.4. The Kier molecular flexibility index (Phi) is 6.69. The van der Waals surface area contributed by atoms with Gasteiger partial charge in [-0.1, -0.05) is 0 Å². The molecule has 0 spiro atoms. The number of methoxy groups -OCH3 is 1. The molecule has 0 aromatic heterocycles. The van der Waals surface area contributed by atoms with E-state index in [0.29, 0.717) is 6.92 Å². The first-order valence-corrected chi connectivity index (χ1v) is 8.54. The lowest BCUT2D eigenvalue weighted by molar-refractivity contribution is -0.143. The zero-order chi connectivity index (χ0) is 23.7. The van der Waals surface area contributed by atoms with Crippen LogP contribution in [0.15, 0.2) is 23.4 Å². The first kappa shape index (κ1) is 24.2. The fourth-order valence-electron chi connectivity index (χ4n) is 2.99. The number of hydrogen-bond acceptors (Lipinski definition) is 6. The van der Waals surface area contributed by atoms with E-state index in [0.717, 1.165) is 12.0 Å². The van der Waals surface area contributed by atoms with Crippen molar-refractivity contribution in [2.24, 2.45) is 0 Å². The molecule has 0 unspecified atom stereocenters. The van der Waals surface area contributed by atoms with Crippen LogP contribution in [0.5, 0.6) is 0 Å². The van der Waals surface area contributed by atoms with E-state index in [1.807, 2.05) is 0 Å². The fraction of sp³-hybridized carbons (Fsp3) is 0.389. The van der Waals surface area contributed by atoms with Crippen molar-refractivity contribution in [2.45, 2.75) is 19.3 Å². The molecule has 1 heterocycles. The normalized spacial score (nSPS) is 14.9. The topological polar surface area (TPSA) is 95.9 Å². The molecule has 0 radical (unpaired) electrons. The van der Waals surface area contributed by atoms with Gasteiger partial charge in [-0.3, -0.25) is 9.59 Å². The summed E-state index contributed by atoms with van der Waals surface area (Å²) < 4.78 is 84.4. The first-order valence-electron chi connectivity index (χ1n) is 8.54. The van der Waals surface area contributed by atoms with Crippen LogP contribution in [0.2, 0.25) is 0 Å². The van der Waals surface area contributed by atoms with E-state index >= 15 is 0 Å². The van der Waals surface area contributed by atoms with Crippen LogP contribution >= 0.6 is 0 Å². The van der Waals surface area contributed by atoms with Crippen molar-refractivity contribution in [1.82, 2.24) is 4.90 Å². The number of Topliss-reactive ketones (excluding diaryl/α,β-unsaturated/α-hetero) is 1. The highest BCUT2D eigenvalue weighted by Gasteiger charge is 2.42. The maximum absolute atomic E-state index is 13.4. The van der Waals surface area contributed by atoms with Crippen LogP contribution in [-0.4, -0.2) is 54.5 Å². The monoisotopic (exact) mass is 454 g/mol. The van der Waals surface area contributed by atoms with Crippen LogP contribution in [0.25, 0.3) is 0 Å². The van der Waals surface area contributed by atoms with Crippen molar-refractivity contribution in [3.05, 3.63) is 40.1 Å². The van der Waals surface area contributed by atoms with Crippen molar-refractivity contribution >= 4 is 23.3 Å². The molecule has 0 aliphatic carbocycles. The highest BCUT2D eigenvalue weighted by molar-refractivity contribution is 6.10. The number of nitrogens with zero attached hydrogens (tertiary/aromatic N) is 1. The minimum atomic E-state index is -5.32. The second-order valence-electron chi connectivity index (χ2n) is 6.42. The average molecular weight is 454 g/mol. The third-order valence-corrected chi connectivity index (χ3v) is 4.34. The van der Waals surface area contributed by atoms with Gasteiger partial charge in [-0.15, -0.1) is 0 Å². The molecule has 13 heteroatoms. The Bertz CT molecular complexity index is 952. The summed E-state index contributed by atoms with van der Waals surface area (Å²) in [4.78, 5) is 37.4. The predicted octanol–water partition coefficient (Wildman–Crippen LogP) is 2.60. The zero-order valence-corrected chi connectivity index (χ0v) is 16.1. The number of nitrogens with one attached hydrogen (secondary N) is 1. The highest BCUT2D eigenvalue weighted by atomic mass is 19.4. The number of aliphatic hydroxyl groups is 1. The number of hydrogen-bond donors (Lipinski definition) is 2. The number of β-amino-alcohol motifs (C(OH)–C–C–N with tert-alkyl or cyclic N) is 1. The molecule has 1 aliphatic heterocycles. The Morgan fingerprint density at radius 3 is 2.23 bits per heavy atom. The van der Waals surface area contributed by atoms with Crippen LogP contribution in [0, 0.1) is 0 Å². The SMILES string of the molecule is COC(=O)C1=C(Nc2cc(C(F)(F)F)cc(C(F)(F)F)c2C(C)=O)C(=O)N(CCO)C1. The van der Waals surface area contributed by atoms with E-state index in [1.165, 1.54) is 0 Å². The number of carbonyl (C=O) groups is 3. The summed E-state index contributed by atoms with van der Waals surface area (Å²) in [7, 11) is 0.958. The minimum absolute atomic E-state index is 0.202. The van der Waals surface area contributed by atoms with Gasteiger partial charge in [-0.25, -0.2) is 4.79 Å². The van der Waals surface area contributed by atoms with Gasteiger partial charge >= 0.3 is 18.3 Å². The summed E-state index contributed by atoms with van der Waals surface area (Å²) in [6, 6.07) is 0.0436. The average Bonchev–Trinajstić information content (AvgIpc) is 2.95. The molecule has 0 atom stereocenters. The summed E-state index contributed by atoms with van der Waals surface area (Å²) in [5.74, 6) is -3.26. The summed E-state index contributed by atoms with van der Waals surface area (Å²) in [5.41, 5.74) is -6.70. The summed E-state index contributed by atoms with van der Waals surface area (Å²) in [5, 5.41) is 11.1. The lowest BCUT2D eigenvalue weighted by Gasteiger charge is -2.20. The van der Waals surface area contributed by atoms with E-state index in [4.69, 9.17) is 5.11 Å². The summed E-state index contributed by atoms with van der Waals surface area (Å²) in [6.45, 7) is -0.476. The number of halogens is 6. The van der Waals surface area contributed by atoms with Crippen molar-refractivity contribution in [3.63, 3.8) is 0 Å². The molecule has 0 bridgehead atoms. The molecule has 31 heavy (non-hydrogen) atoms. The Morgan fingerprint density at radius 2 is 1.77 bits per heavy atom. The van der Waals surface area contributed by atoms with E-state index in [-0.39, 0.29) is 24.3 Å². The Hall–Kier alpha value is -3.09. The van der Waals surface area contributed by atoms with Crippen LogP contribution in [0.3, 0.4) is 0 Å². The molecule has 170 valence electrons. The predicted molar refractivity (Wildman–Crippen MR) is 92.8 cm³/mol. The first-order chi connectivity index (χ1) is 14.2. The number of aliphatic hydroxyl groups excluding tert-OH is 1. The van der Waals surface area contributed by atoms with Gasteiger partial charge in [0, 0.05) is 6.54 Å². The lowest BCUT2D eigenvalue weighted by atomic mass is 9.97. The molecule has 1 aliphatic rings. The number of rotatable bonds is 6. The fourth-order valence-corrected chi connectivity index (χ4v) is 2.99. The number of alkyl halides is 6. The maximum Gasteiger partial charge on any atom is 0.417 e. The number of carbonyl (C=O) groups excluding carboxylic acids is 3. The van der Waals surface area contributed by atoms with Gasteiger partial charge in [-0.2, -0.15) is 26.3 Å². The van der Waals surface area contributed by atoms with E-state index in [1.54, 1.807) is 0 Å². The Labute approximate surface area is 171 Å². The van der Waals surface area contributed by atoms with Gasteiger partial charge in [0.1, 0.15) is 5.70 Å². The summed E-state index contributed by atoms with van der Waals surface area (Å²) in [6.07, 6.45) is -10.5. The van der Waals surface area contributed by atoms with Gasteiger partial charge in [-0.05, 0) is 19.1 Å². The van der Waals surface area contributed by atoms with Gasteiger partial charge < -0.3 is 20.1 Å². The standard InChI is InChI=1S/C18H16F6N2O5/c1-8(28)13-11(18(22,23)24)5-9(17(19,20)21)6-12(13)25-14-10(16(30)31-2)7-26(3-4-27)15(14)29/h5-6,25,27H,3-4,7H2,1-2H3. The molecule has 1 aromatic rings. The Balaban J connectivity index is 2.75. The number of ether oxygens (including phenoxy) is 1. The van der Waals surface area contributed by atoms with Crippen LogP contribution in [0.1, 0.15) is 28.4 Å². The van der Waals surface area contributed by atoms with Gasteiger partial charge in [0.05, 0.1) is 48.2 Å². The summed E-state index contributed by atoms with van der Waals surface area (Å²) >= 11 is 0. The van der Waals surface area contributed by atoms with Crippen molar-refractivity contribution in [3.8, 4) is 0 Å². The van der Waals surface area contributed by atoms with Gasteiger partial charge in [0.15, 0.2) is 5.78 Å². The largest absolute Gasteiger partial charge is 0.466 e. The molecule has 1 amide bonds. The van der Waals surface area contributed by atoms with E-state index < -0.39 is 71.2 Å². The smallest absolute Gasteiger partial charge is 0.417 e. The number of esters is 1. The van der Waals surface area contributed by atoms with Gasteiger partial charge in [0.25, 0.3) is 5.91 Å². The molecule has 1 aromatic carbocycles. The van der Waals surface area contributed by atoms with Crippen LogP contribution in [-0.2, 0) is 26.7 Å². The number of anilines is 1. The van der Waals surface area contributed by atoms with Crippen LogP contribution < -0.4 is 5.32 Å². The molecule has 7 nitrogen and oxygen atoms in total. The van der Waals surface area contributed by atoms with Crippen LogP contribution in [0.4, 0.5) is 32.0 Å². The van der Waals surface area contributed by atoms with E-state index in [2.05, 4.69) is 10.1 Å². The molecule has 0 saturated heterocycles. The third-order valence-electron chi connectivity index (χ3n) is 4.34. The highest BCUT2D eigenvalue weighted by Crippen LogP contribution is 2.41. The third kappa shape index (κ3) is 4.98. The number of benzene rings is 1. The molecule has 2 N–H and O–H groups in total. The molecular formula is C18H16F6N2O5. The number of ketones is 1. The van der Waals surface area contributed by atoms with E-state index in [9.17, 15) is 40.7 Å².